The molecule has 0 spiro atoms. The minimum atomic E-state index is -0.283. The predicted molar refractivity (Wildman–Crippen MR) is 219 cm³/mol. The molecule has 4 heterocycles. The molecule has 0 radical (unpaired) electrons. The van der Waals surface area contributed by atoms with E-state index in [-0.39, 0.29) is 23.3 Å². The zero-order valence-electron chi connectivity index (χ0n) is 30.7. The molecule has 2 amide bonds. The van der Waals surface area contributed by atoms with Gasteiger partial charge in [0.1, 0.15) is 11.5 Å². The molecule has 56 heavy (non-hydrogen) atoms. The quantitative estimate of drug-likeness (QED) is 0.141. The summed E-state index contributed by atoms with van der Waals surface area (Å²) in [6, 6.07) is 37.3. The van der Waals surface area contributed by atoms with Crippen LogP contribution in [-0.2, 0) is 22.6 Å². The van der Waals surface area contributed by atoms with Gasteiger partial charge in [-0.2, -0.15) is 0 Å². The first-order chi connectivity index (χ1) is 27.3. The van der Waals surface area contributed by atoms with Crippen LogP contribution >= 0.6 is 23.2 Å². The lowest BCUT2D eigenvalue weighted by Crippen LogP contribution is -2.35. The van der Waals surface area contributed by atoms with Crippen molar-refractivity contribution in [2.45, 2.75) is 13.1 Å². The van der Waals surface area contributed by atoms with Crippen molar-refractivity contribution in [1.82, 2.24) is 9.80 Å². The van der Waals surface area contributed by atoms with Crippen LogP contribution in [-0.4, -0.2) is 74.2 Å². The summed E-state index contributed by atoms with van der Waals surface area (Å²) in [5, 5.41) is 6.99. The average molecular weight is 794 g/mol. The molecule has 6 aromatic rings. The molecule has 2 N–H and O–H groups in total. The molecule has 0 saturated carbocycles. The third kappa shape index (κ3) is 11.0. The molecular weight excluding hydrogens is 751 g/mol. The monoisotopic (exact) mass is 792 g/mol. The van der Waals surface area contributed by atoms with E-state index in [9.17, 15) is 9.59 Å². The zero-order chi connectivity index (χ0) is 38.7. The third-order valence-corrected chi connectivity index (χ3v) is 9.79. The molecule has 2 saturated heterocycles. The Hall–Kier alpha value is -5.20. The van der Waals surface area contributed by atoms with E-state index < -0.39 is 0 Å². The number of ether oxygens (including phenoxy) is 2. The lowest BCUT2D eigenvalue weighted by atomic mass is 10.2. The SMILES string of the molecule is O=C(Nc1ccc(CN2CCOCC2)cc1)c1ccc(-c2cccc(Cl)c2)o1.O=C(Nc1ccc(CN2CCOCC2)cc1)c1ccc(-c2cccc(Cl)c2)o1. The summed E-state index contributed by atoms with van der Waals surface area (Å²) >= 11 is 12.0. The number of hydrogen-bond donors (Lipinski definition) is 2. The number of anilines is 2. The Morgan fingerprint density at radius 2 is 0.911 bits per heavy atom. The first-order valence-electron chi connectivity index (χ1n) is 18.5. The van der Waals surface area contributed by atoms with Crippen LogP contribution in [0.3, 0.4) is 0 Å². The van der Waals surface area contributed by atoms with Crippen LogP contribution in [0.1, 0.15) is 32.2 Å². The van der Waals surface area contributed by atoms with Crippen molar-refractivity contribution < 1.29 is 27.9 Å². The van der Waals surface area contributed by atoms with Crippen molar-refractivity contribution in [3.8, 4) is 22.6 Å². The summed E-state index contributed by atoms with van der Waals surface area (Å²) in [7, 11) is 0. The highest BCUT2D eigenvalue weighted by atomic mass is 35.5. The molecule has 2 aliphatic heterocycles. The van der Waals surface area contributed by atoms with Gasteiger partial charge in [-0.15, -0.1) is 0 Å². The van der Waals surface area contributed by atoms with Crippen LogP contribution in [0, 0.1) is 0 Å². The van der Waals surface area contributed by atoms with Gasteiger partial charge in [-0.1, -0.05) is 71.7 Å². The van der Waals surface area contributed by atoms with E-state index in [2.05, 4.69) is 20.4 Å². The highest BCUT2D eigenvalue weighted by Gasteiger charge is 2.16. The summed E-state index contributed by atoms with van der Waals surface area (Å²) in [5.41, 5.74) is 5.55. The van der Waals surface area contributed by atoms with E-state index in [1.165, 1.54) is 11.1 Å². The first-order valence-corrected chi connectivity index (χ1v) is 19.2. The highest BCUT2D eigenvalue weighted by molar-refractivity contribution is 6.31. The largest absolute Gasteiger partial charge is 0.451 e. The van der Waals surface area contributed by atoms with Crippen LogP contribution < -0.4 is 10.6 Å². The Morgan fingerprint density at radius 3 is 1.29 bits per heavy atom. The number of amides is 2. The summed E-state index contributed by atoms with van der Waals surface area (Å²) in [5.74, 6) is 1.16. The molecule has 0 aliphatic carbocycles. The molecule has 10 nitrogen and oxygen atoms in total. The fourth-order valence-corrected chi connectivity index (χ4v) is 6.70. The molecule has 2 aliphatic rings. The summed E-state index contributed by atoms with van der Waals surface area (Å²) < 4.78 is 22.1. The van der Waals surface area contributed by atoms with Crippen molar-refractivity contribution in [3.05, 3.63) is 154 Å². The topological polar surface area (TPSA) is 109 Å². The Balaban J connectivity index is 0.000000172. The standard InChI is InChI=1S/2C22H21ClN2O3/c2*23-18-3-1-2-17(14-18)20-8-9-21(28-20)22(26)24-19-6-4-16(5-7-19)15-25-10-12-27-13-11-25/h2*1-9,14H,10-13,15H2,(H,24,26). The maximum absolute atomic E-state index is 12.5. The molecule has 0 bridgehead atoms. The summed E-state index contributed by atoms with van der Waals surface area (Å²) in [6.07, 6.45) is 0. The number of nitrogens with one attached hydrogen (secondary N) is 2. The lowest BCUT2D eigenvalue weighted by molar-refractivity contribution is 0.0341. The van der Waals surface area contributed by atoms with E-state index in [1.807, 2.05) is 72.8 Å². The van der Waals surface area contributed by atoms with Crippen molar-refractivity contribution in [1.29, 1.82) is 0 Å². The maximum atomic E-state index is 12.5. The van der Waals surface area contributed by atoms with Gasteiger partial charge in [-0.3, -0.25) is 19.4 Å². The van der Waals surface area contributed by atoms with Crippen molar-refractivity contribution >= 4 is 46.4 Å². The maximum Gasteiger partial charge on any atom is 0.291 e. The van der Waals surface area contributed by atoms with E-state index >= 15 is 0 Å². The third-order valence-electron chi connectivity index (χ3n) is 9.32. The molecule has 2 aromatic heterocycles. The fourth-order valence-electron chi connectivity index (χ4n) is 6.32. The fraction of sp³-hybridized carbons (Fsp3) is 0.227. The Bertz CT molecular complexity index is 2050. The number of furan rings is 2. The second-order valence-corrected chi connectivity index (χ2v) is 14.3. The van der Waals surface area contributed by atoms with Gasteiger partial charge < -0.3 is 28.9 Å². The van der Waals surface area contributed by atoms with Crippen molar-refractivity contribution in [2.24, 2.45) is 0 Å². The van der Waals surface area contributed by atoms with E-state index in [1.54, 1.807) is 48.5 Å². The zero-order valence-corrected chi connectivity index (χ0v) is 32.2. The molecule has 0 unspecified atom stereocenters. The summed E-state index contributed by atoms with van der Waals surface area (Å²) in [6.45, 7) is 8.72. The van der Waals surface area contributed by atoms with Gasteiger partial charge in [0, 0.05) is 71.8 Å². The molecular formula is C44H42Cl2N4O6. The van der Waals surface area contributed by atoms with Crippen LogP contribution in [0.25, 0.3) is 22.6 Å². The number of rotatable bonds is 10. The smallest absolute Gasteiger partial charge is 0.291 e. The van der Waals surface area contributed by atoms with Gasteiger partial charge in [0.15, 0.2) is 11.5 Å². The number of morpholine rings is 2. The van der Waals surface area contributed by atoms with Crippen LogP contribution in [0.5, 0.6) is 0 Å². The Morgan fingerprint density at radius 1 is 0.518 bits per heavy atom. The van der Waals surface area contributed by atoms with Gasteiger partial charge in [-0.05, 0) is 83.9 Å². The Labute approximate surface area is 335 Å². The number of carbonyl (C=O) groups is 2. The number of nitrogens with zero attached hydrogens (tertiary/aromatic N) is 2. The van der Waals surface area contributed by atoms with Gasteiger partial charge >= 0.3 is 0 Å². The number of halogens is 2. The number of hydrogen-bond acceptors (Lipinski definition) is 8. The van der Waals surface area contributed by atoms with Gasteiger partial charge in [-0.25, -0.2) is 0 Å². The van der Waals surface area contributed by atoms with E-state index in [0.29, 0.717) is 21.6 Å². The van der Waals surface area contributed by atoms with Crippen LogP contribution in [0.2, 0.25) is 10.0 Å². The average Bonchev–Trinajstić information content (AvgIpc) is 3.93. The van der Waals surface area contributed by atoms with Gasteiger partial charge in [0.05, 0.1) is 26.4 Å². The lowest BCUT2D eigenvalue weighted by Gasteiger charge is -2.26. The van der Waals surface area contributed by atoms with Gasteiger partial charge in [0.25, 0.3) is 11.8 Å². The molecule has 2 fully saturated rings. The second kappa shape index (κ2) is 19.1. The van der Waals surface area contributed by atoms with E-state index in [4.69, 9.17) is 41.5 Å². The van der Waals surface area contributed by atoms with Crippen LogP contribution in [0.4, 0.5) is 11.4 Å². The van der Waals surface area contributed by atoms with Crippen molar-refractivity contribution in [2.75, 3.05) is 63.2 Å². The van der Waals surface area contributed by atoms with E-state index in [0.717, 1.165) is 88.2 Å². The number of benzene rings is 4. The Kier molecular flexibility index (Phi) is 13.3. The molecule has 0 atom stereocenters. The molecule has 12 heteroatoms. The van der Waals surface area contributed by atoms with Crippen LogP contribution in [0.15, 0.2) is 130 Å². The minimum Gasteiger partial charge on any atom is -0.451 e. The highest BCUT2D eigenvalue weighted by Crippen LogP contribution is 2.27. The van der Waals surface area contributed by atoms with Gasteiger partial charge in [0.2, 0.25) is 0 Å². The molecule has 8 rings (SSSR count). The van der Waals surface area contributed by atoms with Crippen molar-refractivity contribution in [3.63, 3.8) is 0 Å². The summed E-state index contributed by atoms with van der Waals surface area (Å²) in [4.78, 5) is 29.7. The predicted octanol–water partition coefficient (Wildman–Crippen LogP) is 9.37. The minimum absolute atomic E-state index is 0.257. The first kappa shape index (κ1) is 39.1. The normalized spacial score (nSPS) is 14.8. The second-order valence-electron chi connectivity index (χ2n) is 13.4. The molecule has 288 valence electrons. The molecule has 4 aromatic carbocycles. The number of carbonyl (C=O) groups excluding carboxylic acids is 2.